The molecular formula is C22H21BrClN5O3. The van der Waals surface area contributed by atoms with E-state index >= 15 is 0 Å². The molecule has 1 aliphatic rings. The van der Waals surface area contributed by atoms with E-state index in [1.54, 1.807) is 24.3 Å². The van der Waals surface area contributed by atoms with E-state index in [9.17, 15) is 9.59 Å². The highest BCUT2D eigenvalue weighted by Crippen LogP contribution is 2.30. The van der Waals surface area contributed by atoms with Gasteiger partial charge in [0.15, 0.2) is 0 Å². The first kappa shape index (κ1) is 22.3. The number of carbonyl (C=O) groups excluding carboxylic acids is 2. The number of hydrogen-bond acceptors (Lipinski definition) is 5. The molecule has 2 aromatic carbocycles. The summed E-state index contributed by atoms with van der Waals surface area (Å²) in [5.41, 5.74) is 1.56. The number of likely N-dealkylation sites (tertiary alicyclic amines) is 1. The minimum Gasteiger partial charge on any atom is -0.388 e. The van der Waals surface area contributed by atoms with Gasteiger partial charge in [-0.05, 0) is 40.0 Å². The van der Waals surface area contributed by atoms with Gasteiger partial charge in [-0.25, -0.2) is 4.79 Å². The van der Waals surface area contributed by atoms with Crippen molar-refractivity contribution in [3.8, 4) is 5.88 Å². The number of carbonyl (C=O) groups is 2. The zero-order valence-electron chi connectivity index (χ0n) is 17.0. The van der Waals surface area contributed by atoms with E-state index in [1.807, 2.05) is 18.2 Å². The lowest BCUT2D eigenvalue weighted by atomic mass is 10.2. The molecular weight excluding hydrogens is 498 g/mol. The van der Waals surface area contributed by atoms with Gasteiger partial charge in [-0.15, -0.1) is 5.10 Å². The lowest BCUT2D eigenvalue weighted by Gasteiger charge is -2.16. The molecule has 1 aliphatic heterocycles. The number of nitrogens with one attached hydrogen (secondary N) is 3. The summed E-state index contributed by atoms with van der Waals surface area (Å²) in [6.45, 7) is 2.47. The van der Waals surface area contributed by atoms with Crippen molar-refractivity contribution in [1.82, 2.24) is 20.4 Å². The number of aromatic nitrogens is 2. The highest BCUT2D eigenvalue weighted by Gasteiger charge is 2.25. The van der Waals surface area contributed by atoms with E-state index in [-0.39, 0.29) is 17.7 Å². The zero-order chi connectivity index (χ0) is 22.5. The maximum atomic E-state index is 12.4. The highest BCUT2D eigenvalue weighted by atomic mass is 79.9. The fraction of sp³-hybridized carbons (Fsp3) is 0.227. The summed E-state index contributed by atoms with van der Waals surface area (Å²) in [7, 11) is 0. The van der Waals surface area contributed by atoms with Crippen LogP contribution in [-0.4, -0.2) is 46.2 Å². The van der Waals surface area contributed by atoms with Crippen molar-refractivity contribution in [2.75, 3.05) is 18.4 Å². The molecule has 3 aromatic rings. The van der Waals surface area contributed by atoms with Gasteiger partial charge in [0, 0.05) is 25.7 Å². The van der Waals surface area contributed by atoms with Crippen LogP contribution in [0.2, 0.25) is 5.02 Å². The van der Waals surface area contributed by atoms with Crippen molar-refractivity contribution >= 4 is 45.3 Å². The predicted octanol–water partition coefficient (Wildman–Crippen LogP) is 4.44. The number of H-pyrrole nitrogens is 1. The van der Waals surface area contributed by atoms with E-state index in [1.165, 1.54) is 5.56 Å². The highest BCUT2D eigenvalue weighted by molar-refractivity contribution is 9.10. The summed E-state index contributed by atoms with van der Waals surface area (Å²) in [6.07, 6.45) is 0.232. The molecule has 10 heteroatoms. The number of rotatable bonds is 6. The second-order valence-electron chi connectivity index (χ2n) is 7.39. The Kier molecular flexibility index (Phi) is 7.09. The third-order valence-electron chi connectivity index (χ3n) is 5.07. The van der Waals surface area contributed by atoms with E-state index < -0.39 is 12.0 Å². The monoisotopic (exact) mass is 517 g/mol. The molecule has 0 spiro atoms. The van der Waals surface area contributed by atoms with Crippen LogP contribution in [0.3, 0.4) is 0 Å². The van der Waals surface area contributed by atoms with Gasteiger partial charge >= 0.3 is 6.09 Å². The molecule has 32 heavy (non-hydrogen) atoms. The largest absolute Gasteiger partial charge is 0.414 e. The number of hydrogen-bond donors (Lipinski definition) is 3. The molecule has 1 atom stereocenters. The van der Waals surface area contributed by atoms with Crippen LogP contribution in [0, 0.1) is 0 Å². The van der Waals surface area contributed by atoms with Crippen molar-refractivity contribution < 1.29 is 14.3 Å². The van der Waals surface area contributed by atoms with Crippen LogP contribution in [0.15, 0.2) is 59.1 Å². The van der Waals surface area contributed by atoms with Crippen LogP contribution >= 0.6 is 27.5 Å². The fourth-order valence-corrected chi connectivity index (χ4v) is 4.09. The van der Waals surface area contributed by atoms with Gasteiger partial charge in [0.1, 0.15) is 10.3 Å². The lowest BCUT2D eigenvalue weighted by Crippen LogP contribution is -2.38. The Morgan fingerprint density at radius 2 is 1.94 bits per heavy atom. The number of amides is 2. The van der Waals surface area contributed by atoms with Gasteiger partial charge in [0.05, 0.1) is 10.6 Å². The number of halogens is 2. The lowest BCUT2D eigenvalue weighted by molar-refractivity contribution is 0.102. The molecule has 2 amide bonds. The Balaban J connectivity index is 1.29. The standard InChI is InChI=1S/C22H21BrClN5O3/c23-18-19(26-20(30)16-8-4-5-9-17(16)24)27-28-21(18)32-22(31)25-15-10-11-29(13-15)12-14-6-2-1-3-7-14/h1-9,15H,10-13H2,(H,25,31)(H2,26,27,28,30)/t15-/m1/s1. The Bertz CT molecular complexity index is 1110. The summed E-state index contributed by atoms with van der Waals surface area (Å²) in [4.78, 5) is 27.1. The Morgan fingerprint density at radius 3 is 2.72 bits per heavy atom. The van der Waals surface area contributed by atoms with Crippen LogP contribution in [0.5, 0.6) is 5.88 Å². The fourth-order valence-electron chi connectivity index (χ4n) is 3.51. The Hall–Kier alpha value is -2.88. The summed E-state index contributed by atoms with van der Waals surface area (Å²) in [5, 5.41) is 12.5. The third kappa shape index (κ3) is 5.48. The Morgan fingerprint density at radius 1 is 1.19 bits per heavy atom. The van der Waals surface area contributed by atoms with Gasteiger partial charge in [-0.2, -0.15) is 0 Å². The molecule has 166 valence electrons. The molecule has 8 nitrogen and oxygen atoms in total. The first-order valence-electron chi connectivity index (χ1n) is 10.0. The molecule has 0 radical (unpaired) electrons. The SMILES string of the molecule is O=C(N[C@@H]1CCN(Cc2ccccc2)C1)Oc1n[nH]c(NC(=O)c2ccccc2Cl)c1Br. The number of nitrogens with zero attached hydrogens (tertiary/aromatic N) is 2. The molecule has 1 aromatic heterocycles. The van der Waals surface area contributed by atoms with E-state index in [0.29, 0.717) is 15.1 Å². The zero-order valence-corrected chi connectivity index (χ0v) is 19.3. The molecule has 1 fully saturated rings. The summed E-state index contributed by atoms with van der Waals surface area (Å²) in [5.74, 6) is -0.135. The van der Waals surface area contributed by atoms with Gasteiger partial charge in [0.25, 0.3) is 11.8 Å². The molecule has 1 saturated heterocycles. The summed E-state index contributed by atoms with van der Waals surface area (Å²) < 4.78 is 5.64. The summed E-state index contributed by atoms with van der Waals surface area (Å²) in [6, 6.07) is 16.9. The number of aromatic amines is 1. The maximum absolute atomic E-state index is 12.4. The maximum Gasteiger partial charge on any atom is 0.414 e. The van der Waals surface area contributed by atoms with E-state index in [0.717, 1.165) is 26.1 Å². The first-order valence-corrected chi connectivity index (χ1v) is 11.2. The second-order valence-corrected chi connectivity index (χ2v) is 8.59. The first-order chi connectivity index (χ1) is 15.5. The van der Waals surface area contributed by atoms with Crippen molar-refractivity contribution in [3.05, 3.63) is 75.2 Å². The quantitative estimate of drug-likeness (QED) is 0.448. The smallest absolute Gasteiger partial charge is 0.388 e. The molecule has 0 aliphatic carbocycles. The minimum atomic E-state index is -0.604. The van der Waals surface area contributed by atoms with Crippen LogP contribution in [0.1, 0.15) is 22.3 Å². The van der Waals surface area contributed by atoms with Crippen LogP contribution < -0.4 is 15.4 Å². The molecule has 0 saturated carbocycles. The van der Waals surface area contributed by atoms with Crippen molar-refractivity contribution in [1.29, 1.82) is 0 Å². The van der Waals surface area contributed by atoms with Crippen molar-refractivity contribution in [2.45, 2.75) is 19.0 Å². The van der Waals surface area contributed by atoms with Crippen LogP contribution in [0.4, 0.5) is 10.6 Å². The average Bonchev–Trinajstić information content (AvgIpc) is 3.36. The molecule has 4 rings (SSSR count). The average molecular weight is 519 g/mol. The van der Waals surface area contributed by atoms with Gasteiger partial charge in [-0.1, -0.05) is 54.1 Å². The molecule has 2 heterocycles. The van der Waals surface area contributed by atoms with Gasteiger partial charge in [-0.3, -0.25) is 14.8 Å². The van der Waals surface area contributed by atoms with E-state index in [4.69, 9.17) is 16.3 Å². The molecule has 0 unspecified atom stereocenters. The Labute approximate surface area is 198 Å². The summed E-state index contributed by atoms with van der Waals surface area (Å²) >= 11 is 9.36. The molecule has 0 bridgehead atoms. The van der Waals surface area contributed by atoms with Gasteiger partial charge < -0.3 is 15.4 Å². The van der Waals surface area contributed by atoms with E-state index in [2.05, 4.69) is 53.8 Å². The number of benzene rings is 2. The van der Waals surface area contributed by atoms with Gasteiger partial charge in [0.2, 0.25) is 0 Å². The van der Waals surface area contributed by atoms with Crippen LogP contribution in [0.25, 0.3) is 0 Å². The minimum absolute atomic E-state index is 0.0108. The topological polar surface area (TPSA) is 99.3 Å². The van der Waals surface area contributed by atoms with Crippen molar-refractivity contribution in [3.63, 3.8) is 0 Å². The predicted molar refractivity (Wildman–Crippen MR) is 125 cm³/mol. The number of anilines is 1. The molecule has 3 N–H and O–H groups in total. The second kappa shape index (κ2) is 10.2. The van der Waals surface area contributed by atoms with Crippen molar-refractivity contribution in [2.24, 2.45) is 0 Å². The normalized spacial score (nSPS) is 16.0. The number of ether oxygens (including phenoxy) is 1. The van der Waals surface area contributed by atoms with Crippen LogP contribution in [-0.2, 0) is 6.54 Å². The third-order valence-corrected chi connectivity index (χ3v) is 6.13.